The summed E-state index contributed by atoms with van der Waals surface area (Å²) in [4.78, 5) is 4.16. The quantitative estimate of drug-likeness (QED) is 0.827. The average Bonchev–Trinajstić information content (AvgIpc) is 2.56. The molecule has 2 rings (SSSR count). The van der Waals surface area contributed by atoms with Crippen LogP contribution in [0.25, 0.3) is 5.65 Å². The molecular weight excluding hydrogens is 200 g/mol. The molecule has 5 heteroatoms. The van der Waals surface area contributed by atoms with Crippen molar-refractivity contribution in [3.63, 3.8) is 0 Å². The van der Waals surface area contributed by atoms with Crippen LogP contribution in [0.1, 0.15) is 5.69 Å². The standard InChI is InChI=1S/C9H11ClN4/c1-11-3-2-8-4-9-12-5-7(10)6-14(9)13-8/h4-6,11H,2-3H2,1H3. The molecule has 0 aliphatic heterocycles. The van der Waals surface area contributed by atoms with Crippen molar-refractivity contribution in [3.8, 4) is 0 Å². The highest BCUT2D eigenvalue weighted by atomic mass is 35.5. The Hall–Kier alpha value is -1.13. The Bertz CT molecular complexity index is 437. The molecular formula is C9H11ClN4. The number of nitrogens with one attached hydrogen (secondary N) is 1. The molecule has 4 nitrogen and oxygen atoms in total. The van der Waals surface area contributed by atoms with Crippen molar-refractivity contribution in [2.45, 2.75) is 6.42 Å². The van der Waals surface area contributed by atoms with E-state index in [1.807, 2.05) is 13.1 Å². The van der Waals surface area contributed by atoms with Crippen molar-refractivity contribution >= 4 is 17.2 Å². The van der Waals surface area contributed by atoms with Crippen LogP contribution >= 0.6 is 11.6 Å². The SMILES string of the molecule is CNCCc1cc2ncc(Cl)cn2n1. The van der Waals surface area contributed by atoms with Crippen LogP contribution in [0.15, 0.2) is 18.5 Å². The lowest BCUT2D eigenvalue weighted by atomic mass is 10.3. The second-order valence-electron chi connectivity index (χ2n) is 3.06. The Morgan fingerprint density at radius 1 is 1.57 bits per heavy atom. The Kier molecular flexibility index (Phi) is 2.65. The number of likely N-dealkylation sites (N-methyl/N-ethyl adjacent to an activating group) is 1. The van der Waals surface area contributed by atoms with Crippen LogP contribution < -0.4 is 5.32 Å². The van der Waals surface area contributed by atoms with Gasteiger partial charge in [0.05, 0.1) is 16.9 Å². The normalized spacial score (nSPS) is 11.0. The molecule has 0 saturated carbocycles. The summed E-state index contributed by atoms with van der Waals surface area (Å²) in [5, 5.41) is 8.01. The Balaban J connectivity index is 2.32. The molecule has 1 N–H and O–H groups in total. The molecule has 14 heavy (non-hydrogen) atoms. The Morgan fingerprint density at radius 2 is 2.43 bits per heavy atom. The number of halogens is 1. The fourth-order valence-electron chi connectivity index (χ4n) is 1.28. The van der Waals surface area contributed by atoms with E-state index in [0.29, 0.717) is 5.02 Å². The third-order valence-corrected chi connectivity index (χ3v) is 2.16. The Morgan fingerprint density at radius 3 is 3.21 bits per heavy atom. The van der Waals surface area contributed by atoms with Gasteiger partial charge in [0.2, 0.25) is 0 Å². The van der Waals surface area contributed by atoms with E-state index in [-0.39, 0.29) is 0 Å². The molecule has 0 atom stereocenters. The zero-order valence-electron chi connectivity index (χ0n) is 7.87. The van der Waals surface area contributed by atoms with Crippen molar-refractivity contribution in [2.24, 2.45) is 0 Å². The third-order valence-electron chi connectivity index (χ3n) is 1.96. The van der Waals surface area contributed by atoms with Gasteiger partial charge in [-0.1, -0.05) is 11.6 Å². The first-order valence-corrected chi connectivity index (χ1v) is 4.82. The van der Waals surface area contributed by atoms with Crippen LogP contribution in [0, 0.1) is 0 Å². The zero-order valence-corrected chi connectivity index (χ0v) is 8.62. The van der Waals surface area contributed by atoms with E-state index >= 15 is 0 Å². The second-order valence-corrected chi connectivity index (χ2v) is 3.50. The Labute approximate surface area is 86.9 Å². The molecule has 2 aromatic rings. The lowest BCUT2D eigenvalue weighted by molar-refractivity contribution is 0.763. The van der Waals surface area contributed by atoms with Gasteiger partial charge in [0.15, 0.2) is 5.65 Å². The van der Waals surface area contributed by atoms with Crippen LogP contribution in [-0.2, 0) is 6.42 Å². The predicted octanol–water partition coefficient (Wildman–Crippen LogP) is 1.14. The summed E-state index contributed by atoms with van der Waals surface area (Å²) in [6.45, 7) is 0.914. The van der Waals surface area contributed by atoms with Gasteiger partial charge in [0.25, 0.3) is 0 Å². The summed E-state index contributed by atoms with van der Waals surface area (Å²) < 4.78 is 1.70. The minimum absolute atomic E-state index is 0.598. The molecule has 0 fully saturated rings. The molecule has 2 aromatic heterocycles. The third kappa shape index (κ3) is 1.86. The highest BCUT2D eigenvalue weighted by Gasteiger charge is 2.01. The van der Waals surface area contributed by atoms with E-state index in [0.717, 1.165) is 24.3 Å². The van der Waals surface area contributed by atoms with Gasteiger partial charge in [-0.25, -0.2) is 9.50 Å². The topological polar surface area (TPSA) is 42.2 Å². The minimum atomic E-state index is 0.598. The van der Waals surface area contributed by atoms with Gasteiger partial charge in [-0.2, -0.15) is 5.10 Å². The molecule has 74 valence electrons. The summed E-state index contributed by atoms with van der Waals surface area (Å²) in [5.41, 5.74) is 1.86. The monoisotopic (exact) mass is 210 g/mol. The van der Waals surface area contributed by atoms with Gasteiger partial charge in [-0.3, -0.25) is 0 Å². The molecule has 0 aromatic carbocycles. The first-order valence-electron chi connectivity index (χ1n) is 4.44. The first-order chi connectivity index (χ1) is 6.79. The largest absolute Gasteiger partial charge is 0.319 e. The van der Waals surface area contributed by atoms with E-state index in [4.69, 9.17) is 11.6 Å². The summed E-state index contributed by atoms with van der Waals surface area (Å²) >= 11 is 5.80. The maximum Gasteiger partial charge on any atom is 0.155 e. The van der Waals surface area contributed by atoms with Gasteiger partial charge in [-0.15, -0.1) is 0 Å². The van der Waals surface area contributed by atoms with Crippen molar-refractivity contribution in [1.82, 2.24) is 19.9 Å². The van der Waals surface area contributed by atoms with Crippen LogP contribution in [0.5, 0.6) is 0 Å². The molecule has 0 aliphatic rings. The highest BCUT2D eigenvalue weighted by molar-refractivity contribution is 6.30. The smallest absolute Gasteiger partial charge is 0.155 e. The summed E-state index contributed by atoms with van der Waals surface area (Å²) in [6.07, 6.45) is 4.28. The van der Waals surface area contributed by atoms with Crippen LogP contribution in [0.3, 0.4) is 0 Å². The summed E-state index contributed by atoms with van der Waals surface area (Å²) in [6, 6.07) is 1.97. The van der Waals surface area contributed by atoms with Crippen molar-refractivity contribution in [2.75, 3.05) is 13.6 Å². The predicted molar refractivity (Wildman–Crippen MR) is 55.6 cm³/mol. The summed E-state index contributed by atoms with van der Waals surface area (Å²) in [5.74, 6) is 0. The van der Waals surface area contributed by atoms with Crippen molar-refractivity contribution < 1.29 is 0 Å². The van der Waals surface area contributed by atoms with E-state index < -0.39 is 0 Å². The minimum Gasteiger partial charge on any atom is -0.319 e. The maximum absolute atomic E-state index is 5.80. The van der Waals surface area contributed by atoms with Gasteiger partial charge in [0.1, 0.15) is 0 Å². The van der Waals surface area contributed by atoms with Gasteiger partial charge in [-0.05, 0) is 7.05 Å². The van der Waals surface area contributed by atoms with Crippen molar-refractivity contribution in [1.29, 1.82) is 0 Å². The van der Waals surface area contributed by atoms with E-state index in [2.05, 4.69) is 15.4 Å². The zero-order chi connectivity index (χ0) is 9.97. The van der Waals surface area contributed by atoms with Crippen molar-refractivity contribution in [3.05, 3.63) is 29.2 Å². The molecule has 2 heterocycles. The molecule has 0 saturated heterocycles. The van der Waals surface area contributed by atoms with E-state index in [9.17, 15) is 0 Å². The lowest BCUT2D eigenvalue weighted by Gasteiger charge is -1.93. The molecule has 0 amide bonds. The molecule has 0 radical (unpaired) electrons. The molecule has 0 unspecified atom stereocenters. The van der Waals surface area contributed by atoms with Crippen LogP contribution in [0.2, 0.25) is 5.02 Å². The number of hydrogen-bond acceptors (Lipinski definition) is 3. The van der Waals surface area contributed by atoms with E-state index in [1.54, 1.807) is 16.9 Å². The second kappa shape index (κ2) is 3.94. The fourth-order valence-corrected chi connectivity index (χ4v) is 1.42. The number of hydrogen-bond donors (Lipinski definition) is 1. The fraction of sp³-hybridized carbons (Fsp3) is 0.333. The average molecular weight is 211 g/mol. The number of fused-ring (bicyclic) bond motifs is 1. The molecule has 0 bridgehead atoms. The van der Waals surface area contributed by atoms with Crippen LogP contribution in [-0.4, -0.2) is 28.2 Å². The van der Waals surface area contributed by atoms with Gasteiger partial charge < -0.3 is 5.32 Å². The number of nitrogens with zero attached hydrogens (tertiary/aromatic N) is 3. The number of rotatable bonds is 3. The maximum atomic E-state index is 5.80. The first kappa shape index (κ1) is 9.43. The summed E-state index contributed by atoms with van der Waals surface area (Å²) in [7, 11) is 1.92. The van der Waals surface area contributed by atoms with Gasteiger partial charge >= 0.3 is 0 Å². The molecule has 0 aliphatic carbocycles. The highest BCUT2D eigenvalue weighted by Crippen LogP contribution is 2.09. The number of aromatic nitrogens is 3. The van der Waals surface area contributed by atoms with Gasteiger partial charge in [0, 0.05) is 25.2 Å². The van der Waals surface area contributed by atoms with E-state index in [1.165, 1.54) is 0 Å². The van der Waals surface area contributed by atoms with Crippen LogP contribution in [0.4, 0.5) is 0 Å². The molecule has 0 spiro atoms. The lowest BCUT2D eigenvalue weighted by Crippen LogP contribution is -2.10.